The summed E-state index contributed by atoms with van der Waals surface area (Å²) in [6.07, 6.45) is 3.69. The first-order chi connectivity index (χ1) is 6.76. The minimum atomic E-state index is -0.112. The first-order valence-electron chi connectivity index (χ1n) is 5.06. The van der Waals surface area contributed by atoms with Gasteiger partial charge in [0.15, 0.2) is 0 Å². The molecular weight excluding hydrogens is 182 g/mol. The molecule has 4 heteroatoms. The first kappa shape index (κ1) is 9.49. The predicted octanol–water partition coefficient (Wildman–Crippen LogP) is 1.43. The smallest absolute Gasteiger partial charge is 0.308 e. The Morgan fingerprint density at radius 2 is 2.00 bits per heavy atom. The number of nitrogens with zero attached hydrogens (tertiary/aromatic N) is 1. The summed E-state index contributed by atoms with van der Waals surface area (Å²) in [5.41, 5.74) is 0.908. The zero-order valence-corrected chi connectivity index (χ0v) is 8.27. The molecule has 0 aromatic heterocycles. The highest BCUT2D eigenvalue weighted by molar-refractivity contribution is 5.92. The summed E-state index contributed by atoms with van der Waals surface area (Å²) in [4.78, 5) is 11.4. The monoisotopic (exact) mass is 197 g/mol. The molecule has 2 saturated carbocycles. The van der Waals surface area contributed by atoms with Crippen LogP contribution in [0.4, 0.5) is 0 Å². The highest BCUT2D eigenvalue weighted by Gasteiger charge is 2.42. The molecule has 14 heavy (non-hydrogen) atoms. The lowest BCUT2D eigenvalue weighted by molar-refractivity contribution is -0.146. The van der Waals surface area contributed by atoms with Gasteiger partial charge in [-0.1, -0.05) is 5.16 Å². The third-order valence-corrected chi connectivity index (χ3v) is 3.49. The molecule has 2 aliphatic carbocycles. The molecule has 2 fully saturated rings. The Kier molecular flexibility index (Phi) is 2.44. The van der Waals surface area contributed by atoms with E-state index in [0.717, 1.165) is 31.4 Å². The summed E-state index contributed by atoms with van der Waals surface area (Å²) in [7, 11) is 1.43. The van der Waals surface area contributed by atoms with E-state index in [2.05, 4.69) is 5.16 Å². The molecule has 3 atom stereocenters. The van der Waals surface area contributed by atoms with Crippen molar-refractivity contribution >= 4 is 11.7 Å². The third kappa shape index (κ3) is 1.38. The maximum atomic E-state index is 11.4. The van der Waals surface area contributed by atoms with E-state index in [4.69, 9.17) is 9.94 Å². The largest absolute Gasteiger partial charge is 0.469 e. The standard InChI is InChI=1S/C10H15NO3/c1-14-10(12)8-4-6-2-3-7(5-8)9(6)11-13/h6-8,13H,2-5H2,1H3/t6-,7+,8?. The van der Waals surface area contributed by atoms with Crippen LogP contribution in [0.25, 0.3) is 0 Å². The van der Waals surface area contributed by atoms with Crippen LogP contribution in [-0.4, -0.2) is 24.0 Å². The summed E-state index contributed by atoms with van der Waals surface area (Å²) < 4.78 is 4.74. The zero-order valence-electron chi connectivity index (χ0n) is 8.27. The van der Waals surface area contributed by atoms with Crippen LogP contribution in [0.15, 0.2) is 5.16 Å². The van der Waals surface area contributed by atoms with Crippen molar-refractivity contribution in [1.29, 1.82) is 0 Å². The Morgan fingerprint density at radius 3 is 2.43 bits per heavy atom. The maximum absolute atomic E-state index is 11.4. The molecule has 0 aromatic rings. The molecule has 2 rings (SSSR count). The number of fused-ring (bicyclic) bond motifs is 2. The fraction of sp³-hybridized carbons (Fsp3) is 0.800. The molecule has 0 spiro atoms. The molecule has 1 N–H and O–H groups in total. The van der Waals surface area contributed by atoms with E-state index in [1.165, 1.54) is 7.11 Å². The Balaban J connectivity index is 2.09. The maximum Gasteiger partial charge on any atom is 0.308 e. The second kappa shape index (κ2) is 3.59. The van der Waals surface area contributed by atoms with E-state index < -0.39 is 0 Å². The first-order valence-corrected chi connectivity index (χ1v) is 5.06. The van der Waals surface area contributed by atoms with Crippen LogP contribution in [0.2, 0.25) is 0 Å². The number of esters is 1. The number of methoxy groups -OCH3 is 1. The van der Waals surface area contributed by atoms with Crippen LogP contribution < -0.4 is 0 Å². The van der Waals surface area contributed by atoms with Gasteiger partial charge in [-0.25, -0.2) is 0 Å². The van der Waals surface area contributed by atoms with E-state index in [9.17, 15) is 4.79 Å². The van der Waals surface area contributed by atoms with Gasteiger partial charge in [-0.2, -0.15) is 0 Å². The molecule has 4 nitrogen and oxygen atoms in total. The van der Waals surface area contributed by atoms with Crippen molar-refractivity contribution in [2.45, 2.75) is 25.7 Å². The number of hydrogen-bond donors (Lipinski definition) is 1. The van der Waals surface area contributed by atoms with Gasteiger partial charge in [0, 0.05) is 11.8 Å². The summed E-state index contributed by atoms with van der Waals surface area (Å²) in [6.45, 7) is 0. The second-order valence-electron chi connectivity index (χ2n) is 4.19. The average Bonchev–Trinajstić information content (AvgIpc) is 2.46. The highest BCUT2D eigenvalue weighted by Crippen LogP contribution is 2.43. The molecule has 0 amide bonds. The SMILES string of the molecule is COC(=O)C1C[C@H]2CC[C@@H](C1)C2=NO. The number of carbonyl (C=O) groups is 1. The van der Waals surface area contributed by atoms with Crippen molar-refractivity contribution in [3.63, 3.8) is 0 Å². The number of ether oxygens (including phenoxy) is 1. The minimum absolute atomic E-state index is 0.0167. The molecule has 2 bridgehead atoms. The van der Waals surface area contributed by atoms with Crippen molar-refractivity contribution in [3.05, 3.63) is 0 Å². The Morgan fingerprint density at radius 1 is 1.43 bits per heavy atom. The predicted molar refractivity (Wildman–Crippen MR) is 50.2 cm³/mol. The third-order valence-electron chi connectivity index (χ3n) is 3.49. The van der Waals surface area contributed by atoms with Crippen LogP contribution in [0.3, 0.4) is 0 Å². The van der Waals surface area contributed by atoms with Gasteiger partial charge in [-0.05, 0) is 25.7 Å². The minimum Gasteiger partial charge on any atom is -0.469 e. The second-order valence-corrected chi connectivity index (χ2v) is 4.19. The zero-order chi connectivity index (χ0) is 10.1. The summed E-state index contributed by atoms with van der Waals surface area (Å²) >= 11 is 0. The van der Waals surface area contributed by atoms with Gasteiger partial charge >= 0.3 is 5.97 Å². The van der Waals surface area contributed by atoms with E-state index in [1.54, 1.807) is 0 Å². The van der Waals surface area contributed by atoms with Gasteiger partial charge in [-0.15, -0.1) is 0 Å². The van der Waals surface area contributed by atoms with Crippen LogP contribution in [0, 0.1) is 17.8 Å². The van der Waals surface area contributed by atoms with Gasteiger partial charge in [0.2, 0.25) is 0 Å². The van der Waals surface area contributed by atoms with E-state index in [0.29, 0.717) is 11.8 Å². The molecule has 78 valence electrons. The lowest BCUT2D eigenvalue weighted by atomic mass is 9.79. The van der Waals surface area contributed by atoms with Crippen LogP contribution in [0.5, 0.6) is 0 Å². The van der Waals surface area contributed by atoms with E-state index >= 15 is 0 Å². The van der Waals surface area contributed by atoms with Gasteiger partial charge in [-0.3, -0.25) is 4.79 Å². The Labute approximate surface area is 82.9 Å². The Hall–Kier alpha value is -1.06. The summed E-state index contributed by atoms with van der Waals surface area (Å²) in [5, 5.41) is 12.2. The molecule has 0 aliphatic heterocycles. The van der Waals surface area contributed by atoms with Crippen LogP contribution in [-0.2, 0) is 9.53 Å². The van der Waals surface area contributed by atoms with Gasteiger partial charge in [0.05, 0.1) is 18.7 Å². The van der Waals surface area contributed by atoms with Crippen molar-refractivity contribution in [2.75, 3.05) is 7.11 Å². The van der Waals surface area contributed by atoms with E-state index in [1.807, 2.05) is 0 Å². The number of carbonyl (C=O) groups excluding carboxylic acids is 1. The summed E-state index contributed by atoms with van der Waals surface area (Å²) in [6, 6.07) is 0. The molecule has 0 saturated heterocycles. The van der Waals surface area contributed by atoms with Crippen molar-refractivity contribution in [2.24, 2.45) is 22.9 Å². The van der Waals surface area contributed by atoms with Gasteiger partial charge in [0.25, 0.3) is 0 Å². The highest BCUT2D eigenvalue weighted by atomic mass is 16.5. The van der Waals surface area contributed by atoms with Gasteiger partial charge < -0.3 is 9.94 Å². The van der Waals surface area contributed by atoms with Crippen molar-refractivity contribution in [1.82, 2.24) is 0 Å². The van der Waals surface area contributed by atoms with Crippen molar-refractivity contribution < 1.29 is 14.7 Å². The van der Waals surface area contributed by atoms with Gasteiger partial charge in [0.1, 0.15) is 0 Å². The molecule has 0 heterocycles. The van der Waals surface area contributed by atoms with E-state index in [-0.39, 0.29) is 11.9 Å². The molecule has 1 unspecified atom stereocenters. The number of rotatable bonds is 1. The van der Waals surface area contributed by atoms with Crippen LogP contribution in [0.1, 0.15) is 25.7 Å². The molecule has 0 aromatic carbocycles. The fourth-order valence-corrected chi connectivity index (χ4v) is 2.81. The fourth-order valence-electron chi connectivity index (χ4n) is 2.81. The topological polar surface area (TPSA) is 58.9 Å². The quantitative estimate of drug-likeness (QED) is 0.393. The summed E-state index contributed by atoms with van der Waals surface area (Å²) in [5.74, 6) is 0.521. The lowest BCUT2D eigenvalue weighted by Gasteiger charge is -2.26. The number of oxime groups is 1. The van der Waals surface area contributed by atoms with Crippen LogP contribution >= 0.6 is 0 Å². The molecular formula is C10H15NO3. The molecule has 2 aliphatic rings. The molecule has 0 radical (unpaired) electrons. The number of hydrogen-bond acceptors (Lipinski definition) is 4. The normalized spacial score (nSPS) is 38.6. The van der Waals surface area contributed by atoms with Crippen molar-refractivity contribution in [3.8, 4) is 0 Å². The lowest BCUT2D eigenvalue weighted by Crippen LogP contribution is -2.31. The average molecular weight is 197 g/mol. The Bertz CT molecular complexity index is 259.